The number of hydrogen-bond donors (Lipinski definition) is 3. The number of H-pyrrole nitrogens is 1. The number of aromatic nitrogens is 4. The second-order valence-electron chi connectivity index (χ2n) is 6.33. The van der Waals surface area contributed by atoms with Crippen LogP contribution in [0.2, 0.25) is 0 Å². The molecule has 0 saturated heterocycles. The number of benzene rings is 1. The Labute approximate surface area is 157 Å². The summed E-state index contributed by atoms with van der Waals surface area (Å²) in [6, 6.07) is 5.47. The van der Waals surface area contributed by atoms with Crippen molar-refractivity contribution in [1.82, 2.24) is 20.0 Å². The lowest BCUT2D eigenvalue weighted by Crippen LogP contribution is -2.20. The molecule has 9 nitrogen and oxygen atoms in total. The fourth-order valence-electron chi connectivity index (χ4n) is 3.00. The van der Waals surface area contributed by atoms with E-state index in [0.717, 1.165) is 0 Å². The Kier molecular flexibility index (Phi) is 4.22. The van der Waals surface area contributed by atoms with Gasteiger partial charge < -0.3 is 10.6 Å². The molecule has 0 bridgehead atoms. The van der Waals surface area contributed by atoms with Gasteiger partial charge in [-0.25, -0.2) is 14.2 Å². The predicted molar refractivity (Wildman–Crippen MR) is 98.0 cm³/mol. The van der Waals surface area contributed by atoms with Gasteiger partial charge in [0.15, 0.2) is 5.82 Å². The highest BCUT2D eigenvalue weighted by atomic mass is 19.1. The van der Waals surface area contributed by atoms with E-state index in [2.05, 4.69) is 25.9 Å². The van der Waals surface area contributed by atoms with Crippen LogP contribution in [0.25, 0.3) is 5.82 Å². The molecule has 0 unspecified atom stereocenters. The summed E-state index contributed by atoms with van der Waals surface area (Å²) in [5.74, 6) is -0.967. The van der Waals surface area contributed by atoms with Crippen LogP contribution >= 0.6 is 0 Å². The second-order valence-corrected chi connectivity index (χ2v) is 6.33. The van der Waals surface area contributed by atoms with Gasteiger partial charge >= 0.3 is 0 Å². The van der Waals surface area contributed by atoms with Gasteiger partial charge in [-0.2, -0.15) is 10.2 Å². The van der Waals surface area contributed by atoms with Crippen molar-refractivity contribution in [3.63, 3.8) is 0 Å². The van der Waals surface area contributed by atoms with Crippen LogP contribution in [0, 0.1) is 12.7 Å². The number of aromatic amines is 1. The Morgan fingerprint density at radius 3 is 2.82 bits per heavy atom. The first-order valence-electron chi connectivity index (χ1n) is 8.47. The standard InChI is InChI=1S/C18H15FN6O3/c1-9-11(8-20-25(9)15-3-5-17(27)24-23-15)18(28)22-14-7-13-10(6-12(14)19)2-4-16(26)21-13/h3,5-8H,2,4H2,1H3,(H,21,26)(H,22,28)(H,24,27). The predicted octanol–water partition coefficient (Wildman–Crippen LogP) is 1.54. The van der Waals surface area contributed by atoms with Crippen molar-refractivity contribution >= 4 is 23.2 Å². The number of nitrogens with zero attached hydrogens (tertiary/aromatic N) is 3. The van der Waals surface area contributed by atoms with Crippen LogP contribution in [0.1, 0.15) is 28.0 Å². The lowest BCUT2D eigenvalue weighted by molar-refractivity contribution is -0.116. The molecule has 0 saturated carbocycles. The molecule has 28 heavy (non-hydrogen) atoms. The third-order valence-electron chi connectivity index (χ3n) is 4.47. The molecule has 4 rings (SSSR count). The first-order valence-corrected chi connectivity index (χ1v) is 8.47. The molecule has 2 aromatic heterocycles. The van der Waals surface area contributed by atoms with E-state index in [1.54, 1.807) is 6.92 Å². The molecule has 10 heteroatoms. The smallest absolute Gasteiger partial charge is 0.264 e. The molecule has 1 aliphatic rings. The number of hydrogen-bond acceptors (Lipinski definition) is 5. The lowest BCUT2D eigenvalue weighted by atomic mass is 10.0. The fraction of sp³-hybridized carbons (Fsp3) is 0.167. The molecular weight excluding hydrogens is 367 g/mol. The Balaban J connectivity index is 1.61. The minimum absolute atomic E-state index is 0.0414. The Bertz CT molecular complexity index is 1150. The summed E-state index contributed by atoms with van der Waals surface area (Å²) >= 11 is 0. The average molecular weight is 382 g/mol. The number of nitrogens with one attached hydrogen (secondary N) is 3. The van der Waals surface area contributed by atoms with Gasteiger partial charge in [0, 0.05) is 18.2 Å². The van der Waals surface area contributed by atoms with Crippen molar-refractivity contribution in [3.8, 4) is 5.82 Å². The van der Waals surface area contributed by atoms with Crippen molar-refractivity contribution in [2.75, 3.05) is 10.6 Å². The summed E-state index contributed by atoms with van der Waals surface area (Å²) < 4.78 is 15.8. The zero-order valence-electron chi connectivity index (χ0n) is 14.7. The van der Waals surface area contributed by atoms with Gasteiger partial charge in [-0.3, -0.25) is 14.4 Å². The highest BCUT2D eigenvalue weighted by Crippen LogP contribution is 2.29. The molecule has 3 heterocycles. The molecule has 0 radical (unpaired) electrons. The number of anilines is 2. The van der Waals surface area contributed by atoms with Crippen LogP contribution in [0.3, 0.4) is 0 Å². The Hall–Kier alpha value is -3.82. The van der Waals surface area contributed by atoms with Gasteiger partial charge in [0.05, 0.1) is 23.1 Å². The number of rotatable bonds is 3. The van der Waals surface area contributed by atoms with E-state index in [0.29, 0.717) is 35.6 Å². The largest absolute Gasteiger partial charge is 0.326 e. The fourth-order valence-corrected chi connectivity index (χ4v) is 3.00. The highest BCUT2D eigenvalue weighted by Gasteiger charge is 2.21. The number of amides is 2. The number of aryl methyl sites for hydroxylation is 1. The second kappa shape index (κ2) is 6.72. The average Bonchev–Trinajstić information content (AvgIpc) is 3.05. The van der Waals surface area contributed by atoms with Gasteiger partial charge in [0.1, 0.15) is 5.82 Å². The zero-order chi connectivity index (χ0) is 19.8. The van der Waals surface area contributed by atoms with Crippen LogP contribution in [0.15, 0.2) is 35.3 Å². The van der Waals surface area contributed by atoms with Crippen LogP contribution in [0.5, 0.6) is 0 Å². The molecule has 142 valence electrons. The van der Waals surface area contributed by atoms with Gasteiger partial charge in [-0.1, -0.05) is 0 Å². The van der Waals surface area contributed by atoms with Crippen LogP contribution in [-0.2, 0) is 11.2 Å². The first kappa shape index (κ1) is 17.6. The summed E-state index contributed by atoms with van der Waals surface area (Å²) in [4.78, 5) is 35.3. The molecule has 0 aliphatic carbocycles. The lowest BCUT2D eigenvalue weighted by Gasteiger charge is -2.18. The van der Waals surface area contributed by atoms with Crippen molar-refractivity contribution in [2.24, 2.45) is 0 Å². The van der Waals surface area contributed by atoms with E-state index in [4.69, 9.17) is 0 Å². The van der Waals surface area contributed by atoms with Gasteiger partial charge in [-0.05, 0) is 37.1 Å². The highest BCUT2D eigenvalue weighted by molar-refractivity contribution is 6.05. The van der Waals surface area contributed by atoms with Crippen molar-refractivity contribution < 1.29 is 14.0 Å². The summed E-state index contributed by atoms with van der Waals surface area (Å²) in [7, 11) is 0. The van der Waals surface area contributed by atoms with Gasteiger partial charge in [0.25, 0.3) is 11.5 Å². The maximum atomic E-state index is 14.4. The summed E-state index contributed by atoms with van der Waals surface area (Å²) in [6.45, 7) is 1.65. The van der Waals surface area contributed by atoms with Crippen molar-refractivity contribution in [3.05, 3.63) is 63.5 Å². The molecule has 3 aromatic rings. The maximum Gasteiger partial charge on any atom is 0.264 e. The van der Waals surface area contributed by atoms with E-state index in [1.807, 2.05) is 0 Å². The number of carbonyl (C=O) groups excluding carboxylic acids is 2. The van der Waals surface area contributed by atoms with E-state index in [1.165, 1.54) is 35.1 Å². The van der Waals surface area contributed by atoms with Crippen molar-refractivity contribution in [2.45, 2.75) is 19.8 Å². The summed E-state index contributed by atoms with van der Waals surface area (Å²) in [5.41, 5.74) is 1.45. The van der Waals surface area contributed by atoms with Gasteiger partial charge in [-0.15, -0.1) is 0 Å². The molecule has 3 N–H and O–H groups in total. The SMILES string of the molecule is Cc1c(C(=O)Nc2cc3c(cc2F)CCC(=O)N3)cnn1-c1ccc(=O)[nH]n1. The molecule has 0 atom stereocenters. The quantitative estimate of drug-likeness (QED) is 0.634. The Morgan fingerprint density at radius 1 is 1.25 bits per heavy atom. The number of halogens is 1. The molecule has 0 fully saturated rings. The maximum absolute atomic E-state index is 14.4. The van der Waals surface area contributed by atoms with Crippen LogP contribution in [0.4, 0.5) is 15.8 Å². The van der Waals surface area contributed by atoms with E-state index >= 15 is 0 Å². The molecule has 1 aliphatic heterocycles. The van der Waals surface area contributed by atoms with Crippen molar-refractivity contribution in [1.29, 1.82) is 0 Å². The molecule has 2 amide bonds. The monoisotopic (exact) mass is 382 g/mol. The van der Waals surface area contributed by atoms with E-state index < -0.39 is 11.7 Å². The number of fused-ring (bicyclic) bond motifs is 1. The molecular formula is C18H15FN6O3. The minimum Gasteiger partial charge on any atom is -0.326 e. The minimum atomic E-state index is -0.587. The summed E-state index contributed by atoms with van der Waals surface area (Å²) in [5, 5.41) is 15.4. The normalized spacial score (nSPS) is 13.0. The van der Waals surface area contributed by atoms with E-state index in [-0.39, 0.29) is 22.7 Å². The van der Waals surface area contributed by atoms with Crippen LogP contribution < -0.4 is 16.2 Å². The van der Waals surface area contributed by atoms with Gasteiger partial charge in [0.2, 0.25) is 5.91 Å². The zero-order valence-corrected chi connectivity index (χ0v) is 14.7. The Morgan fingerprint density at radius 2 is 2.07 bits per heavy atom. The first-order chi connectivity index (χ1) is 13.4. The third-order valence-corrected chi connectivity index (χ3v) is 4.47. The topological polar surface area (TPSA) is 122 Å². The third kappa shape index (κ3) is 3.15. The molecule has 0 spiro atoms. The molecule has 1 aromatic carbocycles. The van der Waals surface area contributed by atoms with Crippen LogP contribution in [-0.4, -0.2) is 31.8 Å². The summed E-state index contributed by atoms with van der Waals surface area (Å²) in [6.07, 6.45) is 2.08. The van der Waals surface area contributed by atoms with E-state index in [9.17, 15) is 18.8 Å². The number of carbonyl (C=O) groups is 2.